The fourth-order valence-corrected chi connectivity index (χ4v) is 2.99. The van der Waals surface area contributed by atoms with Gasteiger partial charge in [-0.15, -0.1) is 0 Å². The molecule has 1 aromatic carbocycles. The Morgan fingerprint density at radius 1 is 1.16 bits per heavy atom. The van der Waals surface area contributed by atoms with Crippen molar-refractivity contribution in [3.63, 3.8) is 0 Å². The minimum absolute atomic E-state index is 0.322. The molecule has 0 heterocycles. The molecular weight excluding hydrogens is 236 g/mol. The summed E-state index contributed by atoms with van der Waals surface area (Å²) in [5.74, 6) is 1.72. The summed E-state index contributed by atoms with van der Waals surface area (Å²) in [6, 6.07) is 7.86. The van der Waals surface area contributed by atoms with Crippen molar-refractivity contribution >= 4 is 0 Å². The van der Waals surface area contributed by atoms with Crippen LogP contribution in [0.2, 0.25) is 0 Å². The molecule has 1 atom stereocenters. The molecule has 2 nitrogen and oxygen atoms in total. The van der Waals surface area contributed by atoms with Gasteiger partial charge in [-0.3, -0.25) is 0 Å². The first-order valence-electron chi connectivity index (χ1n) is 7.70. The topological polar surface area (TPSA) is 29.5 Å². The lowest BCUT2D eigenvalue weighted by Crippen LogP contribution is -2.08. The SMILES string of the molecule is CCOc1ccc(C(O)CCC2CCCCC2)cc1. The normalized spacial score (nSPS) is 18.2. The van der Waals surface area contributed by atoms with Crippen LogP contribution in [0.4, 0.5) is 0 Å². The monoisotopic (exact) mass is 262 g/mol. The van der Waals surface area contributed by atoms with Gasteiger partial charge in [0.15, 0.2) is 0 Å². The number of ether oxygens (including phenoxy) is 1. The van der Waals surface area contributed by atoms with E-state index < -0.39 is 0 Å². The average molecular weight is 262 g/mol. The number of hydrogen-bond acceptors (Lipinski definition) is 2. The van der Waals surface area contributed by atoms with Crippen LogP contribution in [0.3, 0.4) is 0 Å². The number of aliphatic hydroxyl groups is 1. The molecule has 0 spiro atoms. The molecular formula is C17H26O2. The Hall–Kier alpha value is -1.02. The summed E-state index contributed by atoms with van der Waals surface area (Å²) >= 11 is 0. The molecule has 0 aromatic heterocycles. The van der Waals surface area contributed by atoms with Crippen molar-refractivity contribution in [3.05, 3.63) is 29.8 Å². The van der Waals surface area contributed by atoms with Gasteiger partial charge in [-0.2, -0.15) is 0 Å². The van der Waals surface area contributed by atoms with E-state index in [-0.39, 0.29) is 6.10 Å². The molecule has 0 radical (unpaired) electrons. The van der Waals surface area contributed by atoms with Gasteiger partial charge >= 0.3 is 0 Å². The van der Waals surface area contributed by atoms with Crippen molar-refractivity contribution in [1.29, 1.82) is 0 Å². The lowest BCUT2D eigenvalue weighted by Gasteiger charge is -2.22. The zero-order valence-electron chi connectivity index (χ0n) is 12.0. The molecule has 19 heavy (non-hydrogen) atoms. The summed E-state index contributed by atoms with van der Waals surface area (Å²) in [6.07, 6.45) is 8.60. The Morgan fingerprint density at radius 2 is 1.84 bits per heavy atom. The van der Waals surface area contributed by atoms with Crippen LogP contribution in [0.1, 0.15) is 63.5 Å². The van der Waals surface area contributed by atoms with E-state index in [1.165, 1.54) is 32.1 Å². The zero-order chi connectivity index (χ0) is 13.5. The first kappa shape index (κ1) is 14.4. The molecule has 1 aromatic rings. The molecule has 2 rings (SSSR count). The molecule has 0 aliphatic heterocycles. The fourth-order valence-electron chi connectivity index (χ4n) is 2.99. The first-order chi connectivity index (χ1) is 9.29. The van der Waals surface area contributed by atoms with E-state index in [0.29, 0.717) is 6.61 Å². The van der Waals surface area contributed by atoms with E-state index in [1.54, 1.807) is 0 Å². The van der Waals surface area contributed by atoms with E-state index in [1.807, 2.05) is 31.2 Å². The van der Waals surface area contributed by atoms with Crippen LogP contribution in [0.15, 0.2) is 24.3 Å². The van der Waals surface area contributed by atoms with Crippen LogP contribution in [-0.4, -0.2) is 11.7 Å². The maximum atomic E-state index is 10.2. The van der Waals surface area contributed by atoms with Crippen LogP contribution >= 0.6 is 0 Å². The molecule has 1 aliphatic rings. The Kier molecular flexibility index (Phi) is 5.71. The first-order valence-corrected chi connectivity index (χ1v) is 7.70. The number of rotatable bonds is 6. The van der Waals surface area contributed by atoms with Crippen molar-refractivity contribution < 1.29 is 9.84 Å². The molecule has 1 fully saturated rings. The minimum atomic E-state index is -0.322. The summed E-state index contributed by atoms with van der Waals surface area (Å²) < 4.78 is 5.41. The van der Waals surface area contributed by atoms with Crippen LogP contribution in [0, 0.1) is 5.92 Å². The second-order valence-corrected chi connectivity index (χ2v) is 5.60. The summed E-state index contributed by atoms with van der Waals surface area (Å²) in [5, 5.41) is 10.2. The van der Waals surface area contributed by atoms with Gasteiger partial charge in [0.05, 0.1) is 12.7 Å². The Bertz CT molecular complexity index is 352. The minimum Gasteiger partial charge on any atom is -0.494 e. The van der Waals surface area contributed by atoms with Crippen molar-refractivity contribution in [2.24, 2.45) is 5.92 Å². The van der Waals surface area contributed by atoms with Gasteiger partial charge in [0, 0.05) is 0 Å². The van der Waals surface area contributed by atoms with Crippen molar-refractivity contribution in [2.75, 3.05) is 6.61 Å². The van der Waals surface area contributed by atoms with Crippen LogP contribution in [-0.2, 0) is 0 Å². The van der Waals surface area contributed by atoms with E-state index in [9.17, 15) is 5.11 Å². The highest BCUT2D eigenvalue weighted by Crippen LogP contribution is 2.30. The van der Waals surface area contributed by atoms with Gasteiger partial charge in [-0.05, 0) is 43.4 Å². The molecule has 0 amide bonds. The third kappa shape index (κ3) is 4.54. The fraction of sp³-hybridized carbons (Fsp3) is 0.647. The standard InChI is InChI=1S/C17H26O2/c1-2-19-16-11-9-15(10-12-16)17(18)13-8-14-6-4-3-5-7-14/h9-12,14,17-18H,2-8,13H2,1H3. The van der Waals surface area contributed by atoms with Gasteiger partial charge in [-0.1, -0.05) is 44.2 Å². The van der Waals surface area contributed by atoms with E-state index >= 15 is 0 Å². The third-order valence-corrected chi connectivity index (χ3v) is 4.15. The second kappa shape index (κ2) is 7.54. The van der Waals surface area contributed by atoms with Gasteiger partial charge in [0.2, 0.25) is 0 Å². The van der Waals surface area contributed by atoms with Gasteiger partial charge < -0.3 is 9.84 Å². The smallest absolute Gasteiger partial charge is 0.119 e. The van der Waals surface area contributed by atoms with Crippen LogP contribution in [0.5, 0.6) is 5.75 Å². The highest BCUT2D eigenvalue weighted by Gasteiger charge is 2.16. The maximum absolute atomic E-state index is 10.2. The quantitative estimate of drug-likeness (QED) is 0.819. The van der Waals surface area contributed by atoms with E-state index in [0.717, 1.165) is 30.1 Å². The van der Waals surface area contributed by atoms with Gasteiger partial charge in [-0.25, -0.2) is 0 Å². The van der Waals surface area contributed by atoms with E-state index in [2.05, 4.69) is 0 Å². The van der Waals surface area contributed by atoms with Crippen molar-refractivity contribution in [3.8, 4) is 5.75 Å². The molecule has 1 saturated carbocycles. The molecule has 0 saturated heterocycles. The summed E-state index contributed by atoms with van der Waals surface area (Å²) in [6.45, 7) is 2.66. The lowest BCUT2D eigenvalue weighted by atomic mass is 9.85. The lowest BCUT2D eigenvalue weighted by molar-refractivity contribution is 0.151. The zero-order valence-corrected chi connectivity index (χ0v) is 12.0. The molecule has 2 heteroatoms. The predicted molar refractivity (Wildman–Crippen MR) is 78.4 cm³/mol. The molecule has 1 unspecified atom stereocenters. The number of benzene rings is 1. The van der Waals surface area contributed by atoms with Gasteiger partial charge in [0.1, 0.15) is 5.75 Å². The molecule has 1 aliphatic carbocycles. The second-order valence-electron chi connectivity index (χ2n) is 5.60. The Morgan fingerprint density at radius 3 is 2.47 bits per heavy atom. The van der Waals surface area contributed by atoms with E-state index in [4.69, 9.17) is 4.74 Å². The number of hydrogen-bond donors (Lipinski definition) is 1. The summed E-state index contributed by atoms with van der Waals surface area (Å²) in [5.41, 5.74) is 1.01. The average Bonchev–Trinajstić information content (AvgIpc) is 2.47. The van der Waals surface area contributed by atoms with Crippen molar-refractivity contribution in [1.82, 2.24) is 0 Å². The molecule has 0 bridgehead atoms. The summed E-state index contributed by atoms with van der Waals surface area (Å²) in [4.78, 5) is 0. The van der Waals surface area contributed by atoms with Crippen LogP contribution < -0.4 is 4.74 Å². The molecule has 1 N–H and O–H groups in total. The van der Waals surface area contributed by atoms with Crippen molar-refractivity contribution in [2.45, 2.75) is 58.0 Å². The Labute approximate surface area is 116 Å². The number of aliphatic hydroxyl groups excluding tert-OH is 1. The largest absolute Gasteiger partial charge is 0.494 e. The third-order valence-electron chi connectivity index (χ3n) is 4.15. The summed E-state index contributed by atoms with van der Waals surface area (Å²) in [7, 11) is 0. The maximum Gasteiger partial charge on any atom is 0.119 e. The highest BCUT2D eigenvalue weighted by molar-refractivity contribution is 5.28. The van der Waals surface area contributed by atoms with Crippen LogP contribution in [0.25, 0.3) is 0 Å². The Balaban J connectivity index is 1.79. The predicted octanol–water partition coefficient (Wildman–Crippen LogP) is 4.48. The molecule has 106 valence electrons. The highest BCUT2D eigenvalue weighted by atomic mass is 16.5. The van der Waals surface area contributed by atoms with Gasteiger partial charge in [0.25, 0.3) is 0 Å².